The highest BCUT2D eigenvalue weighted by Crippen LogP contribution is 2.16. The fourth-order valence-corrected chi connectivity index (χ4v) is 4.17. The first-order valence-corrected chi connectivity index (χ1v) is 11.1. The van der Waals surface area contributed by atoms with E-state index in [1.165, 1.54) is 19.2 Å². The molecule has 0 fully saturated rings. The summed E-state index contributed by atoms with van der Waals surface area (Å²) >= 11 is 0. The highest BCUT2D eigenvalue weighted by molar-refractivity contribution is 7.91. The van der Waals surface area contributed by atoms with Gasteiger partial charge in [-0.2, -0.15) is 0 Å². The van der Waals surface area contributed by atoms with Crippen molar-refractivity contribution in [3.63, 3.8) is 0 Å². The van der Waals surface area contributed by atoms with E-state index in [0.29, 0.717) is 10.6 Å². The maximum Gasteiger partial charge on any atom is 0.179 e. The van der Waals surface area contributed by atoms with E-state index in [1.54, 1.807) is 42.5 Å². The van der Waals surface area contributed by atoms with Crippen LogP contribution in [0.2, 0.25) is 0 Å². The second kappa shape index (κ2) is 10.3. The molecule has 0 aromatic heterocycles. The molecule has 9 heteroatoms. The lowest BCUT2D eigenvalue weighted by atomic mass is 10.3. The minimum absolute atomic E-state index is 0.0109. The molecule has 0 saturated carbocycles. The fraction of sp³-hybridized carbons (Fsp3) is 0.294. The van der Waals surface area contributed by atoms with Crippen LogP contribution in [0.3, 0.4) is 0 Å². The highest BCUT2D eigenvalue weighted by atomic mass is 32.2. The van der Waals surface area contributed by atoms with E-state index in [1.807, 2.05) is 0 Å². The molecule has 26 heavy (non-hydrogen) atoms. The predicted octanol–water partition coefficient (Wildman–Crippen LogP) is 0.847. The molecule has 0 atom stereocenters. The zero-order chi connectivity index (χ0) is 19.6. The smallest absolute Gasteiger partial charge is 0.179 e. The molecular formula is C17H24N2O5S2. The number of benzene rings is 2. The van der Waals surface area contributed by atoms with E-state index < -0.39 is 19.7 Å². The maximum absolute atomic E-state index is 11.5. The zero-order valence-electron chi connectivity index (χ0n) is 14.5. The van der Waals surface area contributed by atoms with Crippen molar-refractivity contribution in [2.45, 2.75) is 9.79 Å². The predicted molar refractivity (Wildman–Crippen MR) is 102 cm³/mol. The van der Waals surface area contributed by atoms with Gasteiger partial charge in [-0.1, -0.05) is 18.2 Å². The minimum atomic E-state index is -3.22. The molecule has 0 aliphatic heterocycles. The Morgan fingerprint density at radius 1 is 0.731 bits per heavy atom. The van der Waals surface area contributed by atoms with Gasteiger partial charge in [0.25, 0.3) is 0 Å². The molecule has 2 aromatic rings. The van der Waals surface area contributed by atoms with Crippen molar-refractivity contribution in [2.24, 2.45) is 11.5 Å². The van der Waals surface area contributed by atoms with Crippen molar-refractivity contribution < 1.29 is 21.6 Å². The second-order valence-corrected chi connectivity index (χ2v) is 9.42. The molecule has 0 heterocycles. The summed E-state index contributed by atoms with van der Waals surface area (Å²) in [5.74, 6) is 0.618. The summed E-state index contributed by atoms with van der Waals surface area (Å²) < 4.78 is 50.6. The summed E-state index contributed by atoms with van der Waals surface area (Å²) in [5, 5.41) is 0. The number of ether oxygens (including phenoxy) is 1. The molecule has 0 radical (unpaired) electrons. The van der Waals surface area contributed by atoms with Gasteiger partial charge in [0.1, 0.15) is 5.75 Å². The van der Waals surface area contributed by atoms with Gasteiger partial charge in [0.05, 0.1) is 28.4 Å². The van der Waals surface area contributed by atoms with E-state index in [2.05, 4.69) is 0 Å². The third-order valence-corrected chi connectivity index (χ3v) is 6.82. The first-order valence-electron chi connectivity index (χ1n) is 7.81. The topological polar surface area (TPSA) is 130 Å². The summed E-state index contributed by atoms with van der Waals surface area (Å²) in [6, 6.07) is 14.6. The molecule has 7 nitrogen and oxygen atoms in total. The van der Waals surface area contributed by atoms with Crippen LogP contribution in [0.25, 0.3) is 0 Å². The number of methoxy groups -OCH3 is 1. The molecule has 144 valence electrons. The van der Waals surface area contributed by atoms with Gasteiger partial charge in [-0.25, -0.2) is 16.8 Å². The van der Waals surface area contributed by atoms with Crippen molar-refractivity contribution >= 4 is 19.7 Å². The van der Waals surface area contributed by atoms with Gasteiger partial charge in [-0.05, 0) is 36.4 Å². The summed E-state index contributed by atoms with van der Waals surface area (Å²) in [6.45, 7) is 0.297. The largest absolute Gasteiger partial charge is 0.497 e. The maximum atomic E-state index is 11.5. The lowest BCUT2D eigenvalue weighted by Gasteiger charge is -2.03. The Morgan fingerprint density at radius 2 is 1.15 bits per heavy atom. The number of nitrogens with two attached hydrogens (primary N) is 2. The Bertz CT molecular complexity index is 865. The van der Waals surface area contributed by atoms with Crippen molar-refractivity contribution in [1.82, 2.24) is 0 Å². The Kier molecular flexibility index (Phi) is 8.73. The SMILES string of the molecule is COc1ccc(S(=O)(=O)CCN)cc1.NCCS(=O)(=O)c1ccccc1. The molecular weight excluding hydrogens is 376 g/mol. The lowest BCUT2D eigenvalue weighted by molar-refractivity contribution is 0.414. The van der Waals surface area contributed by atoms with Gasteiger partial charge >= 0.3 is 0 Å². The van der Waals surface area contributed by atoms with Crippen LogP contribution in [-0.4, -0.2) is 48.5 Å². The van der Waals surface area contributed by atoms with Gasteiger partial charge in [-0.3, -0.25) is 0 Å². The van der Waals surface area contributed by atoms with Gasteiger partial charge in [-0.15, -0.1) is 0 Å². The van der Waals surface area contributed by atoms with E-state index in [0.717, 1.165) is 0 Å². The van der Waals surface area contributed by atoms with Gasteiger partial charge in [0, 0.05) is 13.1 Å². The molecule has 0 amide bonds. The molecule has 4 N–H and O–H groups in total. The summed E-state index contributed by atoms with van der Waals surface area (Å²) in [5.41, 5.74) is 10.4. The zero-order valence-corrected chi connectivity index (χ0v) is 16.2. The average Bonchev–Trinajstić information content (AvgIpc) is 2.63. The van der Waals surface area contributed by atoms with Crippen LogP contribution >= 0.6 is 0 Å². The number of hydrogen-bond acceptors (Lipinski definition) is 7. The molecule has 0 bridgehead atoms. The van der Waals surface area contributed by atoms with Crippen LogP contribution in [0.4, 0.5) is 0 Å². The first-order chi connectivity index (χ1) is 12.3. The monoisotopic (exact) mass is 400 g/mol. The summed E-state index contributed by atoms with van der Waals surface area (Å²) in [6.07, 6.45) is 0. The minimum Gasteiger partial charge on any atom is -0.497 e. The first kappa shape index (κ1) is 22.1. The second-order valence-electron chi connectivity index (χ2n) is 5.20. The standard InChI is InChI=1S/C9H13NO3S.C8H11NO2S/c1-13-8-2-4-9(5-3-8)14(11,12)7-6-10;9-6-7-12(10,11)8-4-2-1-3-5-8/h2-5H,6-7,10H2,1H3;1-5H,6-7,9H2. The van der Waals surface area contributed by atoms with Crippen molar-refractivity contribution in [1.29, 1.82) is 0 Å². The third kappa shape index (κ3) is 6.75. The number of rotatable bonds is 7. The van der Waals surface area contributed by atoms with Crippen LogP contribution in [0, 0.1) is 0 Å². The van der Waals surface area contributed by atoms with E-state index >= 15 is 0 Å². The Morgan fingerprint density at radius 3 is 1.54 bits per heavy atom. The fourth-order valence-electron chi connectivity index (χ4n) is 1.96. The molecule has 0 spiro atoms. The molecule has 0 saturated heterocycles. The van der Waals surface area contributed by atoms with Crippen LogP contribution in [0.15, 0.2) is 64.4 Å². The van der Waals surface area contributed by atoms with E-state index in [9.17, 15) is 16.8 Å². The van der Waals surface area contributed by atoms with Crippen molar-refractivity contribution in [2.75, 3.05) is 31.7 Å². The van der Waals surface area contributed by atoms with Gasteiger partial charge < -0.3 is 16.2 Å². The van der Waals surface area contributed by atoms with Crippen LogP contribution in [0.1, 0.15) is 0 Å². The van der Waals surface area contributed by atoms with Crippen LogP contribution in [0.5, 0.6) is 5.75 Å². The molecule has 0 unspecified atom stereocenters. The quantitative estimate of drug-likeness (QED) is 0.704. The molecule has 0 aliphatic carbocycles. The average molecular weight is 401 g/mol. The van der Waals surface area contributed by atoms with Crippen LogP contribution < -0.4 is 16.2 Å². The number of sulfone groups is 2. The summed E-state index contributed by atoms with van der Waals surface area (Å²) in [7, 11) is -4.82. The third-order valence-electron chi connectivity index (χ3n) is 3.29. The molecule has 0 aliphatic rings. The van der Waals surface area contributed by atoms with Crippen molar-refractivity contribution in [3.8, 4) is 5.75 Å². The normalized spacial score (nSPS) is 11.3. The van der Waals surface area contributed by atoms with Gasteiger partial charge in [0.15, 0.2) is 19.7 Å². The van der Waals surface area contributed by atoms with E-state index in [-0.39, 0.29) is 29.5 Å². The molecule has 2 aromatic carbocycles. The van der Waals surface area contributed by atoms with E-state index in [4.69, 9.17) is 16.2 Å². The Balaban J connectivity index is 0.000000263. The van der Waals surface area contributed by atoms with Crippen molar-refractivity contribution in [3.05, 3.63) is 54.6 Å². The van der Waals surface area contributed by atoms with Gasteiger partial charge in [0.2, 0.25) is 0 Å². The van der Waals surface area contributed by atoms with Crippen LogP contribution in [-0.2, 0) is 19.7 Å². The summed E-state index contributed by atoms with van der Waals surface area (Å²) in [4.78, 5) is 0.624. The lowest BCUT2D eigenvalue weighted by Crippen LogP contribution is -2.15. The Hall–Kier alpha value is -1.94. The Labute approximate surface area is 154 Å². The number of hydrogen-bond donors (Lipinski definition) is 2. The highest BCUT2D eigenvalue weighted by Gasteiger charge is 2.12. The molecule has 2 rings (SSSR count).